The van der Waals surface area contributed by atoms with E-state index in [0.717, 1.165) is 6.42 Å². The summed E-state index contributed by atoms with van der Waals surface area (Å²) in [5, 5.41) is 0. The average molecular weight is 445 g/mol. The predicted molar refractivity (Wildman–Crippen MR) is 132 cm³/mol. The molecule has 4 aromatic rings. The van der Waals surface area contributed by atoms with Crippen molar-refractivity contribution in [2.24, 2.45) is 0 Å². The predicted octanol–water partition coefficient (Wildman–Crippen LogP) is 6.50. The third-order valence-electron chi connectivity index (χ3n) is 7.76. The minimum atomic E-state index is 0.0460. The number of ether oxygens (including phenoxy) is 3. The lowest BCUT2D eigenvalue weighted by Gasteiger charge is -2.24. The summed E-state index contributed by atoms with van der Waals surface area (Å²) in [5.74, 6) is 0. The van der Waals surface area contributed by atoms with Gasteiger partial charge in [-0.2, -0.15) is 0 Å². The lowest BCUT2D eigenvalue weighted by Crippen LogP contribution is -2.07. The molecule has 0 N–H and O–H groups in total. The Morgan fingerprint density at radius 2 is 1.15 bits per heavy atom. The third-order valence-corrected chi connectivity index (χ3v) is 7.76. The number of rotatable bonds is 2. The van der Waals surface area contributed by atoms with Gasteiger partial charge in [-0.25, -0.2) is 0 Å². The monoisotopic (exact) mass is 444 g/mol. The highest BCUT2D eigenvalue weighted by Crippen LogP contribution is 2.60. The van der Waals surface area contributed by atoms with E-state index in [-0.39, 0.29) is 24.4 Å². The Morgan fingerprint density at radius 1 is 0.559 bits per heavy atom. The highest BCUT2D eigenvalue weighted by Gasteiger charge is 2.53. The van der Waals surface area contributed by atoms with Gasteiger partial charge in [0.05, 0.1) is 13.2 Å². The quantitative estimate of drug-likeness (QED) is 0.291. The van der Waals surface area contributed by atoms with Crippen molar-refractivity contribution in [3.63, 3.8) is 0 Å². The SMILES string of the molecule is c1ccc(-c2c3c(c4c(c2-c2ccccc2)C2OC2COCC2OC42)Cc2ccccc2-3)cc1. The topological polar surface area (TPSA) is 34.3 Å². The molecule has 34 heavy (non-hydrogen) atoms. The highest BCUT2D eigenvalue weighted by atomic mass is 16.6. The summed E-state index contributed by atoms with van der Waals surface area (Å²) in [7, 11) is 0. The normalized spacial score (nSPS) is 25.5. The van der Waals surface area contributed by atoms with Crippen molar-refractivity contribution in [1.82, 2.24) is 0 Å². The fourth-order valence-corrected chi connectivity index (χ4v) is 6.20. The molecular weight excluding hydrogens is 420 g/mol. The van der Waals surface area contributed by atoms with Crippen LogP contribution in [0.5, 0.6) is 0 Å². The average Bonchev–Trinajstić information content (AvgIpc) is 3.80. The fourth-order valence-electron chi connectivity index (χ4n) is 6.20. The van der Waals surface area contributed by atoms with Crippen molar-refractivity contribution in [2.75, 3.05) is 13.2 Å². The van der Waals surface area contributed by atoms with Crippen LogP contribution in [0.3, 0.4) is 0 Å². The van der Waals surface area contributed by atoms with Crippen molar-refractivity contribution < 1.29 is 14.2 Å². The van der Waals surface area contributed by atoms with Gasteiger partial charge in [-0.1, -0.05) is 84.9 Å². The Balaban J connectivity index is 1.54. The molecule has 4 aromatic carbocycles. The first-order chi connectivity index (χ1) is 16.9. The van der Waals surface area contributed by atoms with E-state index < -0.39 is 0 Å². The number of fused-ring (bicyclic) bond motifs is 9. The largest absolute Gasteiger partial charge is 0.376 e. The standard InChI is InChI=1S/C31H24O3/c1-3-9-18(10-4-1)25-26(19-11-5-2-6-12-19)29-28(22-15-20-13-7-8-14-21(20)27(22)25)30-23(33-30)16-32-17-24-31(29)34-24/h1-14,23-24,30-31H,15-17H2. The minimum Gasteiger partial charge on any atom is -0.376 e. The van der Waals surface area contributed by atoms with Gasteiger partial charge in [-0.05, 0) is 62.1 Å². The van der Waals surface area contributed by atoms with Crippen molar-refractivity contribution in [1.29, 1.82) is 0 Å². The molecular formula is C31H24O3. The lowest BCUT2D eigenvalue weighted by atomic mass is 9.78. The molecule has 0 bridgehead atoms. The molecule has 2 fully saturated rings. The van der Waals surface area contributed by atoms with Crippen LogP contribution in [0.2, 0.25) is 0 Å². The van der Waals surface area contributed by atoms with E-state index in [1.807, 2.05) is 0 Å². The maximum atomic E-state index is 6.30. The van der Waals surface area contributed by atoms with E-state index in [1.54, 1.807) is 0 Å². The van der Waals surface area contributed by atoms with Gasteiger partial charge in [-0.3, -0.25) is 0 Å². The molecule has 4 unspecified atom stereocenters. The molecule has 1 aliphatic carbocycles. The van der Waals surface area contributed by atoms with Crippen LogP contribution in [0, 0.1) is 0 Å². The van der Waals surface area contributed by atoms with Gasteiger partial charge >= 0.3 is 0 Å². The lowest BCUT2D eigenvalue weighted by molar-refractivity contribution is 0.102. The smallest absolute Gasteiger partial charge is 0.113 e. The summed E-state index contributed by atoms with van der Waals surface area (Å²) in [6, 6.07) is 30.6. The van der Waals surface area contributed by atoms with Crippen LogP contribution in [0.25, 0.3) is 33.4 Å². The molecule has 3 aliphatic heterocycles. The Hall–Kier alpha value is -3.24. The van der Waals surface area contributed by atoms with Crippen LogP contribution in [-0.2, 0) is 20.6 Å². The first kappa shape index (κ1) is 19.1. The fraction of sp³-hybridized carbons (Fsp3) is 0.226. The van der Waals surface area contributed by atoms with Gasteiger partial charge in [0, 0.05) is 0 Å². The second kappa shape index (κ2) is 7.13. The molecule has 0 amide bonds. The minimum absolute atomic E-state index is 0.0460. The molecule has 0 radical (unpaired) electrons. The van der Waals surface area contributed by atoms with E-state index in [0.29, 0.717) is 13.2 Å². The van der Waals surface area contributed by atoms with Gasteiger partial charge in [0.15, 0.2) is 0 Å². The van der Waals surface area contributed by atoms with E-state index in [4.69, 9.17) is 14.2 Å². The summed E-state index contributed by atoms with van der Waals surface area (Å²) in [5.41, 5.74) is 13.3. The molecule has 8 rings (SSSR count). The summed E-state index contributed by atoms with van der Waals surface area (Å²) >= 11 is 0. The van der Waals surface area contributed by atoms with Gasteiger partial charge in [0.2, 0.25) is 0 Å². The molecule has 4 aliphatic rings. The van der Waals surface area contributed by atoms with Crippen LogP contribution in [0.4, 0.5) is 0 Å². The number of benzene rings is 4. The van der Waals surface area contributed by atoms with E-state index >= 15 is 0 Å². The Morgan fingerprint density at radius 3 is 1.85 bits per heavy atom. The molecule has 3 heterocycles. The van der Waals surface area contributed by atoms with Crippen molar-refractivity contribution in [3.8, 4) is 33.4 Å². The zero-order chi connectivity index (χ0) is 22.2. The van der Waals surface area contributed by atoms with E-state index in [1.165, 1.54) is 55.6 Å². The van der Waals surface area contributed by atoms with Gasteiger partial charge in [0.25, 0.3) is 0 Å². The van der Waals surface area contributed by atoms with E-state index in [2.05, 4.69) is 84.9 Å². The zero-order valence-electron chi connectivity index (χ0n) is 18.7. The Kier molecular flexibility index (Phi) is 4.01. The summed E-state index contributed by atoms with van der Waals surface area (Å²) in [6.45, 7) is 1.27. The molecule has 2 saturated heterocycles. The molecule has 0 aromatic heterocycles. The molecule has 4 atom stereocenters. The Bertz CT molecular complexity index is 1430. The van der Waals surface area contributed by atoms with Gasteiger partial charge < -0.3 is 14.2 Å². The van der Waals surface area contributed by atoms with Crippen molar-refractivity contribution >= 4 is 0 Å². The number of hydrogen-bond donors (Lipinski definition) is 0. The molecule has 0 saturated carbocycles. The van der Waals surface area contributed by atoms with Crippen LogP contribution < -0.4 is 0 Å². The van der Waals surface area contributed by atoms with Crippen LogP contribution >= 0.6 is 0 Å². The second-order valence-corrected chi connectivity index (χ2v) is 9.72. The summed E-state index contributed by atoms with van der Waals surface area (Å²) < 4.78 is 18.5. The molecule has 3 nitrogen and oxygen atoms in total. The molecule has 0 spiro atoms. The first-order valence-corrected chi connectivity index (χ1v) is 12.2. The van der Waals surface area contributed by atoms with Gasteiger partial charge in [-0.15, -0.1) is 0 Å². The zero-order valence-corrected chi connectivity index (χ0v) is 18.7. The van der Waals surface area contributed by atoms with Gasteiger partial charge in [0.1, 0.15) is 24.4 Å². The number of epoxide rings is 2. The molecule has 3 heteroatoms. The highest BCUT2D eigenvalue weighted by molar-refractivity contribution is 6.01. The van der Waals surface area contributed by atoms with Crippen LogP contribution in [-0.4, -0.2) is 25.4 Å². The third kappa shape index (κ3) is 2.75. The van der Waals surface area contributed by atoms with E-state index in [9.17, 15) is 0 Å². The summed E-state index contributed by atoms with van der Waals surface area (Å²) in [6.07, 6.45) is 1.31. The Labute approximate surface area is 198 Å². The second-order valence-electron chi connectivity index (χ2n) is 9.72. The first-order valence-electron chi connectivity index (χ1n) is 12.2. The number of hydrogen-bond acceptors (Lipinski definition) is 3. The van der Waals surface area contributed by atoms with Crippen molar-refractivity contribution in [3.05, 3.63) is 107 Å². The van der Waals surface area contributed by atoms with Crippen LogP contribution in [0.1, 0.15) is 34.5 Å². The van der Waals surface area contributed by atoms with Crippen molar-refractivity contribution in [2.45, 2.75) is 30.8 Å². The molecule has 166 valence electrons. The maximum Gasteiger partial charge on any atom is 0.113 e. The maximum absolute atomic E-state index is 6.30. The van der Waals surface area contributed by atoms with Crippen LogP contribution in [0.15, 0.2) is 84.9 Å². The summed E-state index contributed by atoms with van der Waals surface area (Å²) in [4.78, 5) is 0.